The molecule has 2 rings (SSSR count). The van der Waals surface area contributed by atoms with Gasteiger partial charge < -0.3 is 30.4 Å². The molecule has 0 saturated heterocycles. The lowest BCUT2D eigenvalue weighted by molar-refractivity contribution is -0.132. The Kier molecular flexibility index (Phi) is 14.7. The normalized spacial score (nSPS) is 17.6. The van der Waals surface area contributed by atoms with E-state index in [2.05, 4.69) is 25.2 Å². The molecule has 0 aromatic heterocycles. The first-order chi connectivity index (χ1) is 16.7. The molecule has 3 atom stereocenters. The van der Waals surface area contributed by atoms with Crippen LogP contribution in [0.1, 0.15) is 71.3 Å². The molecule has 0 aliphatic heterocycles. The fourth-order valence-electron chi connectivity index (χ4n) is 4.87. The summed E-state index contributed by atoms with van der Waals surface area (Å²) in [5.41, 5.74) is 7.24. The van der Waals surface area contributed by atoms with Gasteiger partial charge >= 0.3 is 0 Å². The number of nitrogens with two attached hydrogens (primary N) is 1. The molecule has 1 aromatic carbocycles. The maximum absolute atomic E-state index is 12.7. The Hall–Kier alpha value is -1.54. The zero-order valence-corrected chi connectivity index (χ0v) is 23.7. The summed E-state index contributed by atoms with van der Waals surface area (Å²) in [6.07, 6.45) is 6.72. The van der Waals surface area contributed by atoms with Crippen molar-refractivity contribution in [2.75, 3.05) is 34.0 Å². The van der Waals surface area contributed by atoms with Gasteiger partial charge in [-0.2, -0.15) is 0 Å². The molecule has 0 spiro atoms. The number of hydrogen-bond acceptors (Lipinski definition) is 6. The van der Waals surface area contributed by atoms with Crippen LogP contribution in [0.15, 0.2) is 18.2 Å². The minimum Gasteiger partial charge on any atom is -0.493 e. The number of aliphatic hydroxyl groups is 1. The molecular weight excluding hydrogens is 480 g/mol. The molecule has 1 aliphatic carbocycles. The van der Waals surface area contributed by atoms with E-state index in [0.29, 0.717) is 31.3 Å². The van der Waals surface area contributed by atoms with E-state index in [1.807, 2.05) is 19.1 Å². The fourth-order valence-corrected chi connectivity index (χ4v) is 4.87. The Morgan fingerprint density at radius 1 is 1.14 bits per heavy atom. The monoisotopic (exact) mass is 528 g/mol. The average molecular weight is 529 g/mol. The highest BCUT2D eigenvalue weighted by Gasteiger charge is 2.35. The molecule has 1 aromatic rings. The number of carbonyl (C=O) groups excluding carboxylic acids is 1. The fraction of sp³-hybridized carbons (Fsp3) is 0.750. The number of aliphatic hydroxyl groups excluding tert-OH is 1. The Morgan fingerprint density at radius 2 is 1.83 bits per heavy atom. The zero-order chi connectivity index (χ0) is 25.8. The third-order valence-corrected chi connectivity index (χ3v) is 7.47. The lowest BCUT2D eigenvalue weighted by Gasteiger charge is -2.33. The van der Waals surface area contributed by atoms with Crippen LogP contribution in [-0.4, -0.2) is 57.1 Å². The van der Waals surface area contributed by atoms with Crippen LogP contribution in [0.4, 0.5) is 0 Å². The van der Waals surface area contributed by atoms with Crippen LogP contribution in [-0.2, 0) is 16.0 Å². The molecule has 0 heterocycles. The van der Waals surface area contributed by atoms with Crippen molar-refractivity contribution in [2.24, 2.45) is 23.0 Å². The Labute approximate surface area is 224 Å². The molecule has 36 heavy (non-hydrogen) atoms. The van der Waals surface area contributed by atoms with Gasteiger partial charge in [-0.1, -0.05) is 46.1 Å². The first kappa shape index (κ1) is 32.5. The molecule has 1 amide bonds. The van der Waals surface area contributed by atoms with Crippen LogP contribution in [0.3, 0.4) is 0 Å². The van der Waals surface area contributed by atoms with E-state index in [0.717, 1.165) is 49.8 Å². The van der Waals surface area contributed by atoms with Crippen molar-refractivity contribution >= 4 is 18.3 Å². The van der Waals surface area contributed by atoms with Crippen molar-refractivity contribution in [2.45, 2.75) is 84.3 Å². The van der Waals surface area contributed by atoms with Crippen molar-refractivity contribution in [3.63, 3.8) is 0 Å². The van der Waals surface area contributed by atoms with Gasteiger partial charge in [-0.15, -0.1) is 12.4 Å². The van der Waals surface area contributed by atoms with Gasteiger partial charge in [0.25, 0.3) is 0 Å². The van der Waals surface area contributed by atoms with Crippen LogP contribution in [0, 0.1) is 17.3 Å². The third kappa shape index (κ3) is 10.1. The first-order valence-electron chi connectivity index (χ1n) is 13.2. The molecule has 208 valence electrons. The summed E-state index contributed by atoms with van der Waals surface area (Å²) in [7, 11) is 3.32. The van der Waals surface area contributed by atoms with Gasteiger partial charge in [-0.25, -0.2) is 0 Å². The number of ether oxygens (including phenoxy) is 3. The molecule has 1 aliphatic rings. The first-order valence-corrected chi connectivity index (χ1v) is 13.2. The number of carbonyl (C=O) groups is 1. The van der Waals surface area contributed by atoms with Crippen molar-refractivity contribution < 1.29 is 24.1 Å². The van der Waals surface area contributed by atoms with Crippen molar-refractivity contribution in [1.82, 2.24) is 5.32 Å². The number of methoxy groups -OCH3 is 2. The minimum atomic E-state index is -0.775. The number of halogens is 1. The summed E-state index contributed by atoms with van der Waals surface area (Å²) in [5.74, 6) is 2.15. The van der Waals surface area contributed by atoms with Crippen LogP contribution < -0.4 is 20.5 Å². The highest BCUT2D eigenvalue weighted by atomic mass is 35.5. The second kappa shape index (κ2) is 16.3. The molecule has 7 nitrogen and oxygen atoms in total. The molecule has 1 fully saturated rings. The number of amides is 1. The van der Waals surface area contributed by atoms with Crippen LogP contribution in [0.5, 0.6) is 11.5 Å². The summed E-state index contributed by atoms with van der Waals surface area (Å²) < 4.78 is 16.5. The third-order valence-electron chi connectivity index (χ3n) is 7.47. The van der Waals surface area contributed by atoms with Crippen molar-refractivity contribution in [3.05, 3.63) is 23.8 Å². The molecule has 1 saturated carbocycles. The number of nitrogens with one attached hydrogen (secondary N) is 1. The molecule has 0 unspecified atom stereocenters. The van der Waals surface area contributed by atoms with Gasteiger partial charge in [0, 0.05) is 38.1 Å². The SMILES string of the molecule is COCCCOc1cc(C[C@@H](C[C@H](N)[C@@H](O)CNC(=O)C2(C)CCCCC2)C(C)C)ccc1OC.Cl. The Balaban J connectivity index is 0.00000648. The van der Waals surface area contributed by atoms with Crippen LogP contribution in [0.2, 0.25) is 0 Å². The molecule has 0 bridgehead atoms. The van der Waals surface area contributed by atoms with Gasteiger partial charge in [0.1, 0.15) is 0 Å². The second-order valence-electron chi connectivity index (χ2n) is 10.7. The van der Waals surface area contributed by atoms with Crippen molar-refractivity contribution in [1.29, 1.82) is 0 Å². The predicted molar refractivity (Wildman–Crippen MR) is 147 cm³/mol. The van der Waals surface area contributed by atoms with E-state index < -0.39 is 12.1 Å². The molecule has 0 radical (unpaired) electrons. The van der Waals surface area contributed by atoms with Crippen LogP contribution >= 0.6 is 12.4 Å². The van der Waals surface area contributed by atoms with E-state index in [4.69, 9.17) is 19.9 Å². The summed E-state index contributed by atoms with van der Waals surface area (Å²) in [6, 6.07) is 5.62. The maximum Gasteiger partial charge on any atom is 0.226 e. The second-order valence-corrected chi connectivity index (χ2v) is 10.7. The van der Waals surface area contributed by atoms with E-state index in [9.17, 15) is 9.90 Å². The average Bonchev–Trinajstić information content (AvgIpc) is 2.84. The topological polar surface area (TPSA) is 103 Å². The van der Waals surface area contributed by atoms with Gasteiger partial charge in [-0.3, -0.25) is 4.79 Å². The molecule has 4 N–H and O–H groups in total. The van der Waals surface area contributed by atoms with Gasteiger partial charge in [0.15, 0.2) is 11.5 Å². The number of rotatable bonds is 15. The van der Waals surface area contributed by atoms with E-state index in [-0.39, 0.29) is 36.2 Å². The van der Waals surface area contributed by atoms with E-state index in [1.165, 1.54) is 6.42 Å². The predicted octanol–water partition coefficient (Wildman–Crippen LogP) is 4.51. The molecular formula is C28H49ClN2O5. The summed E-state index contributed by atoms with van der Waals surface area (Å²) >= 11 is 0. The van der Waals surface area contributed by atoms with E-state index in [1.54, 1.807) is 14.2 Å². The Morgan fingerprint density at radius 3 is 2.44 bits per heavy atom. The largest absolute Gasteiger partial charge is 0.493 e. The minimum absolute atomic E-state index is 0. The van der Waals surface area contributed by atoms with E-state index >= 15 is 0 Å². The quantitative estimate of drug-likeness (QED) is 0.289. The lowest BCUT2D eigenvalue weighted by atomic mass is 9.75. The smallest absolute Gasteiger partial charge is 0.226 e. The lowest BCUT2D eigenvalue weighted by Crippen LogP contribution is -2.48. The molecule has 8 heteroatoms. The van der Waals surface area contributed by atoms with Gasteiger partial charge in [0.2, 0.25) is 5.91 Å². The van der Waals surface area contributed by atoms with Gasteiger partial charge in [-0.05, 0) is 55.2 Å². The van der Waals surface area contributed by atoms with Gasteiger partial charge in [0.05, 0.1) is 19.8 Å². The number of hydrogen-bond donors (Lipinski definition) is 3. The Bertz CT molecular complexity index is 770. The maximum atomic E-state index is 12.7. The summed E-state index contributed by atoms with van der Waals surface area (Å²) in [6.45, 7) is 7.80. The highest BCUT2D eigenvalue weighted by molar-refractivity contribution is 5.85. The highest BCUT2D eigenvalue weighted by Crippen LogP contribution is 2.36. The summed E-state index contributed by atoms with van der Waals surface area (Å²) in [5, 5.41) is 13.7. The van der Waals surface area contributed by atoms with Crippen LogP contribution in [0.25, 0.3) is 0 Å². The van der Waals surface area contributed by atoms with Crippen molar-refractivity contribution in [3.8, 4) is 11.5 Å². The summed E-state index contributed by atoms with van der Waals surface area (Å²) in [4.78, 5) is 12.7. The standard InChI is InChI=1S/C28H48N2O5.ClH/c1-20(2)22(16-21-10-11-25(34-5)26(17-21)35-15-9-14-33-4)18-23(29)24(31)19-30-27(32)28(3)12-7-6-8-13-28;/h10-11,17,20,22-24,31H,6-9,12-16,18-19,29H2,1-5H3,(H,30,32);1H/t22-,23-,24-;/m0./s1. The number of benzene rings is 1. The zero-order valence-electron chi connectivity index (χ0n) is 22.9.